The van der Waals surface area contributed by atoms with Gasteiger partial charge in [-0.25, -0.2) is 4.98 Å². The SMILES string of the molecule is FC(F)(F)c1ccc2oc(C3CC3)nc2c1. The molecule has 2 aromatic rings. The average Bonchev–Trinajstić information content (AvgIpc) is 2.96. The molecular formula is C11H8F3NO. The molecule has 0 bridgehead atoms. The summed E-state index contributed by atoms with van der Waals surface area (Å²) in [5.74, 6) is 0.871. The molecule has 3 rings (SSSR count). The molecule has 0 atom stereocenters. The fourth-order valence-electron chi connectivity index (χ4n) is 1.63. The number of aromatic nitrogens is 1. The summed E-state index contributed by atoms with van der Waals surface area (Å²) in [5, 5.41) is 0. The summed E-state index contributed by atoms with van der Waals surface area (Å²) < 4.78 is 42.7. The summed E-state index contributed by atoms with van der Waals surface area (Å²) in [6, 6.07) is 3.38. The molecular weight excluding hydrogens is 219 g/mol. The van der Waals surface area contributed by atoms with Crippen molar-refractivity contribution in [3.05, 3.63) is 29.7 Å². The molecule has 1 aliphatic carbocycles. The van der Waals surface area contributed by atoms with Crippen molar-refractivity contribution in [1.82, 2.24) is 4.98 Å². The second kappa shape index (κ2) is 2.99. The lowest BCUT2D eigenvalue weighted by molar-refractivity contribution is -0.137. The molecule has 2 nitrogen and oxygen atoms in total. The van der Waals surface area contributed by atoms with Gasteiger partial charge in [0.15, 0.2) is 11.5 Å². The third kappa shape index (κ3) is 1.56. The Morgan fingerprint density at radius 3 is 2.62 bits per heavy atom. The molecule has 5 heteroatoms. The second-order valence-corrected chi connectivity index (χ2v) is 4.01. The molecule has 0 radical (unpaired) electrons. The van der Waals surface area contributed by atoms with Gasteiger partial charge in [-0.1, -0.05) is 0 Å². The van der Waals surface area contributed by atoms with Crippen molar-refractivity contribution in [2.75, 3.05) is 0 Å². The summed E-state index contributed by atoms with van der Waals surface area (Å²) in [4.78, 5) is 4.08. The van der Waals surface area contributed by atoms with Crippen LogP contribution in [0.1, 0.15) is 30.2 Å². The highest BCUT2D eigenvalue weighted by Gasteiger charge is 2.32. The third-order valence-corrected chi connectivity index (χ3v) is 2.66. The number of fused-ring (bicyclic) bond motifs is 1. The van der Waals surface area contributed by atoms with E-state index in [1.54, 1.807) is 0 Å². The maximum atomic E-state index is 12.4. The number of oxazole rings is 1. The molecule has 1 aromatic heterocycles. The van der Waals surface area contributed by atoms with E-state index < -0.39 is 11.7 Å². The van der Waals surface area contributed by atoms with E-state index in [1.807, 2.05) is 0 Å². The van der Waals surface area contributed by atoms with E-state index in [2.05, 4.69) is 4.98 Å². The van der Waals surface area contributed by atoms with Gasteiger partial charge < -0.3 is 4.42 Å². The molecule has 16 heavy (non-hydrogen) atoms. The predicted molar refractivity (Wildman–Crippen MR) is 51.0 cm³/mol. The summed E-state index contributed by atoms with van der Waals surface area (Å²) in [7, 11) is 0. The highest BCUT2D eigenvalue weighted by atomic mass is 19.4. The van der Waals surface area contributed by atoms with Crippen molar-refractivity contribution in [2.24, 2.45) is 0 Å². The number of benzene rings is 1. The van der Waals surface area contributed by atoms with Crippen molar-refractivity contribution in [1.29, 1.82) is 0 Å². The van der Waals surface area contributed by atoms with E-state index in [4.69, 9.17) is 4.42 Å². The minimum Gasteiger partial charge on any atom is -0.440 e. The molecule has 0 N–H and O–H groups in total. The van der Waals surface area contributed by atoms with Gasteiger partial charge in [-0.05, 0) is 31.0 Å². The molecule has 1 aromatic carbocycles. The minimum atomic E-state index is -4.33. The zero-order valence-corrected chi connectivity index (χ0v) is 8.21. The van der Waals surface area contributed by atoms with E-state index in [0.717, 1.165) is 25.0 Å². The lowest BCUT2D eigenvalue weighted by atomic mass is 10.2. The van der Waals surface area contributed by atoms with Crippen molar-refractivity contribution < 1.29 is 17.6 Å². The van der Waals surface area contributed by atoms with E-state index in [0.29, 0.717) is 17.4 Å². The Balaban J connectivity index is 2.10. The second-order valence-electron chi connectivity index (χ2n) is 4.01. The van der Waals surface area contributed by atoms with Gasteiger partial charge in [0.05, 0.1) is 5.56 Å². The Hall–Kier alpha value is -1.52. The van der Waals surface area contributed by atoms with Crippen LogP contribution >= 0.6 is 0 Å². The third-order valence-electron chi connectivity index (χ3n) is 2.66. The van der Waals surface area contributed by atoms with Crippen LogP contribution in [0.2, 0.25) is 0 Å². The Labute approximate surface area is 89.1 Å². The summed E-state index contributed by atoms with van der Waals surface area (Å²) in [6.45, 7) is 0. The summed E-state index contributed by atoms with van der Waals surface area (Å²) in [6.07, 6.45) is -2.30. The molecule has 0 unspecified atom stereocenters. The van der Waals surface area contributed by atoms with Crippen molar-refractivity contribution in [3.8, 4) is 0 Å². The van der Waals surface area contributed by atoms with Crippen molar-refractivity contribution >= 4 is 11.1 Å². The van der Waals surface area contributed by atoms with Gasteiger partial charge in [0.25, 0.3) is 0 Å². The first-order chi connectivity index (χ1) is 7.54. The van der Waals surface area contributed by atoms with Crippen LogP contribution in [-0.4, -0.2) is 4.98 Å². The van der Waals surface area contributed by atoms with E-state index >= 15 is 0 Å². The van der Waals surface area contributed by atoms with Crippen LogP contribution in [0.25, 0.3) is 11.1 Å². The number of halogens is 3. The number of hydrogen-bond acceptors (Lipinski definition) is 2. The fourth-order valence-corrected chi connectivity index (χ4v) is 1.63. The minimum absolute atomic E-state index is 0.289. The molecule has 0 saturated heterocycles. The van der Waals surface area contributed by atoms with Crippen LogP contribution in [0.15, 0.2) is 22.6 Å². The maximum Gasteiger partial charge on any atom is 0.416 e. The molecule has 1 saturated carbocycles. The Bertz CT molecular complexity index is 540. The van der Waals surface area contributed by atoms with E-state index in [-0.39, 0.29) is 5.52 Å². The molecule has 0 aliphatic heterocycles. The van der Waals surface area contributed by atoms with Gasteiger partial charge >= 0.3 is 6.18 Å². The largest absolute Gasteiger partial charge is 0.440 e. The molecule has 1 fully saturated rings. The first kappa shape index (κ1) is 9.69. The van der Waals surface area contributed by atoms with Crippen LogP contribution in [0.5, 0.6) is 0 Å². The zero-order chi connectivity index (χ0) is 11.3. The van der Waals surface area contributed by atoms with Gasteiger partial charge in [0.1, 0.15) is 5.52 Å². The van der Waals surface area contributed by atoms with Crippen LogP contribution in [0, 0.1) is 0 Å². The smallest absolute Gasteiger partial charge is 0.416 e. The summed E-state index contributed by atoms with van der Waals surface area (Å²) in [5.41, 5.74) is 0.0299. The molecule has 1 aliphatic rings. The Kier molecular flexibility index (Phi) is 1.81. The van der Waals surface area contributed by atoms with Gasteiger partial charge in [-0.15, -0.1) is 0 Å². The van der Waals surface area contributed by atoms with Crippen LogP contribution in [0.4, 0.5) is 13.2 Å². The van der Waals surface area contributed by atoms with Crippen LogP contribution in [0.3, 0.4) is 0 Å². The van der Waals surface area contributed by atoms with Crippen LogP contribution in [-0.2, 0) is 6.18 Å². The van der Waals surface area contributed by atoms with E-state index in [1.165, 1.54) is 6.07 Å². The highest BCUT2D eigenvalue weighted by molar-refractivity contribution is 5.73. The lowest BCUT2D eigenvalue weighted by Gasteiger charge is -2.04. The van der Waals surface area contributed by atoms with Gasteiger partial charge in [-0.2, -0.15) is 13.2 Å². The monoisotopic (exact) mass is 227 g/mol. The highest BCUT2D eigenvalue weighted by Crippen LogP contribution is 2.41. The van der Waals surface area contributed by atoms with E-state index in [9.17, 15) is 13.2 Å². The normalized spacial score (nSPS) is 16.9. The van der Waals surface area contributed by atoms with Crippen molar-refractivity contribution in [3.63, 3.8) is 0 Å². The Morgan fingerprint density at radius 2 is 2.00 bits per heavy atom. The molecule has 1 heterocycles. The predicted octanol–water partition coefficient (Wildman–Crippen LogP) is 3.72. The lowest BCUT2D eigenvalue weighted by Crippen LogP contribution is -2.03. The van der Waals surface area contributed by atoms with Crippen LogP contribution < -0.4 is 0 Å². The first-order valence-electron chi connectivity index (χ1n) is 5.02. The molecule has 84 valence electrons. The fraction of sp³-hybridized carbons (Fsp3) is 0.364. The Morgan fingerprint density at radius 1 is 1.25 bits per heavy atom. The molecule has 0 spiro atoms. The molecule has 0 amide bonds. The van der Waals surface area contributed by atoms with Gasteiger partial charge in [0.2, 0.25) is 0 Å². The quantitative estimate of drug-likeness (QED) is 0.741. The van der Waals surface area contributed by atoms with Crippen molar-refractivity contribution in [2.45, 2.75) is 24.9 Å². The number of rotatable bonds is 1. The number of hydrogen-bond donors (Lipinski definition) is 0. The number of alkyl halides is 3. The maximum absolute atomic E-state index is 12.4. The topological polar surface area (TPSA) is 26.0 Å². The first-order valence-corrected chi connectivity index (χ1v) is 5.02. The standard InChI is InChI=1S/C11H8F3NO/c12-11(13,14)7-3-4-9-8(5-7)15-10(16-9)6-1-2-6/h3-6H,1-2H2. The summed E-state index contributed by atoms with van der Waals surface area (Å²) >= 11 is 0. The zero-order valence-electron chi connectivity index (χ0n) is 8.21. The average molecular weight is 227 g/mol. The van der Waals surface area contributed by atoms with Gasteiger partial charge in [0, 0.05) is 5.92 Å². The number of nitrogens with zero attached hydrogens (tertiary/aromatic N) is 1. The van der Waals surface area contributed by atoms with Gasteiger partial charge in [-0.3, -0.25) is 0 Å².